The number of hydrogen-bond acceptors (Lipinski definition) is 3. The van der Waals surface area contributed by atoms with Crippen molar-refractivity contribution in [2.45, 2.75) is 26.0 Å². The van der Waals surface area contributed by atoms with E-state index in [-0.39, 0.29) is 17.7 Å². The fourth-order valence-electron chi connectivity index (χ4n) is 2.20. The molecule has 0 spiro atoms. The first-order chi connectivity index (χ1) is 10.9. The van der Waals surface area contributed by atoms with Gasteiger partial charge in [-0.3, -0.25) is 9.59 Å². The van der Waals surface area contributed by atoms with E-state index in [4.69, 9.17) is 5.11 Å². The van der Waals surface area contributed by atoms with Crippen molar-refractivity contribution in [3.8, 4) is 5.75 Å². The van der Waals surface area contributed by atoms with Crippen molar-refractivity contribution < 1.29 is 28.2 Å². The Morgan fingerprint density at radius 1 is 1.22 bits per heavy atom. The van der Waals surface area contributed by atoms with Gasteiger partial charge in [0, 0.05) is 6.04 Å². The lowest BCUT2D eigenvalue weighted by Gasteiger charge is -2.15. The van der Waals surface area contributed by atoms with E-state index < -0.39 is 24.5 Å². The van der Waals surface area contributed by atoms with E-state index >= 15 is 0 Å². The number of ether oxygens (including phenoxy) is 1. The quantitative estimate of drug-likeness (QED) is 0.857. The minimum atomic E-state index is -3.07. The van der Waals surface area contributed by atoms with Crippen LogP contribution in [-0.2, 0) is 4.79 Å². The first kappa shape index (κ1) is 16.7. The van der Waals surface area contributed by atoms with Gasteiger partial charge in [-0.15, -0.1) is 0 Å². The number of benzene rings is 2. The molecule has 0 fully saturated rings. The molecule has 0 aliphatic carbocycles. The number of alkyl halides is 2. The van der Waals surface area contributed by atoms with Crippen LogP contribution in [0.3, 0.4) is 0 Å². The summed E-state index contributed by atoms with van der Waals surface area (Å²) in [6.07, 6.45) is -0.273. The van der Waals surface area contributed by atoms with E-state index in [0.717, 1.165) is 0 Å². The molecule has 0 aromatic heterocycles. The maximum absolute atomic E-state index is 12.6. The number of carbonyl (C=O) groups excluding carboxylic acids is 1. The molecule has 1 unspecified atom stereocenters. The molecule has 2 N–H and O–H groups in total. The van der Waals surface area contributed by atoms with Crippen molar-refractivity contribution in [1.82, 2.24) is 5.32 Å². The standard InChI is InChI=1S/C16H15F2NO4/c1-9(6-14(20)21)19-15(22)12-7-10-4-2-3-5-11(10)8-13(12)23-16(17)18/h2-5,7-9,16H,6H2,1H3,(H,19,22)(H,20,21). The van der Waals surface area contributed by atoms with E-state index in [0.29, 0.717) is 10.8 Å². The van der Waals surface area contributed by atoms with Crippen LogP contribution in [0.5, 0.6) is 5.75 Å². The van der Waals surface area contributed by atoms with Crippen molar-refractivity contribution >= 4 is 22.6 Å². The van der Waals surface area contributed by atoms with Gasteiger partial charge >= 0.3 is 12.6 Å². The van der Waals surface area contributed by atoms with Crippen LogP contribution in [0.25, 0.3) is 10.8 Å². The van der Waals surface area contributed by atoms with Crippen molar-refractivity contribution in [2.24, 2.45) is 0 Å². The average molecular weight is 323 g/mol. The van der Waals surface area contributed by atoms with Crippen molar-refractivity contribution in [3.63, 3.8) is 0 Å². The number of amides is 1. The molecule has 2 aromatic rings. The number of fused-ring (bicyclic) bond motifs is 1. The predicted octanol–water partition coefficient (Wildman–Crippen LogP) is 3.03. The minimum absolute atomic E-state index is 0.0683. The van der Waals surface area contributed by atoms with Gasteiger partial charge in [0.1, 0.15) is 5.75 Å². The highest BCUT2D eigenvalue weighted by Gasteiger charge is 2.19. The lowest BCUT2D eigenvalue weighted by Crippen LogP contribution is -2.34. The first-order valence-corrected chi connectivity index (χ1v) is 6.87. The number of rotatable bonds is 6. The summed E-state index contributed by atoms with van der Waals surface area (Å²) in [6.45, 7) is -1.56. The predicted molar refractivity (Wildman–Crippen MR) is 79.8 cm³/mol. The molecule has 7 heteroatoms. The summed E-state index contributed by atoms with van der Waals surface area (Å²) < 4.78 is 29.6. The molecule has 0 saturated heterocycles. The molecule has 0 aliphatic rings. The molecule has 0 aliphatic heterocycles. The highest BCUT2D eigenvalue weighted by atomic mass is 19.3. The number of carboxylic acid groups (broad SMARTS) is 1. The lowest BCUT2D eigenvalue weighted by atomic mass is 10.0. The third-order valence-corrected chi connectivity index (χ3v) is 3.17. The molecule has 5 nitrogen and oxygen atoms in total. The van der Waals surface area contributed by atoms with Gasteiger partial charge in [0.05, 0.1) is 12.0 Å². The largest absolute Gasteiger partial charge is 0.481 e. The van der Waals surface area contributed by atoms with Gasteiger partial charge in [-0.25, -0.2) is 0 Å². The SMILES string of the molecule is CC(CC(=O)O)NC(=O)c1cc2ccccc2cc1OC(F)F. The normalized spacial score (nSPS) is 12.2. The molecule has 23 heavy (non-hydrogen) atoms. The van der Waals surface area contributed by atoms with Crippen molar-refractivity contribution in [3.05, 3.63) is 42.0 Å². The Morgan fingerprint density at radius 2 is 1.83 bits per heavy atom. The lowest BCUT2D eigenvalue weighted by molar-refractivity contribution is -0.137. The summed E-state index contributed by atoms with van der Waals surface area (Å²) in [6, 6.07) is 9.09. The molecule has 1 amide bonds. The van der Waals surface area contributed by atoms with E-state index in [1.54, 1.807) is 24.3 Å². The second-order valence-corrected chi connectivity index (χ2v) is 5.05. The third kappa shape index (κ3) is 4.38. The Labute approximate surface area is 130 Å². The molecule has 0 heterocycles. The topological polar surface area (TPSA) is 75.6 Å². The third-order valence-electron chi connectivity index (χ3n) is 3.17. The summed E-state index contributed by atoms with van der Waals surface area (Å²) in [7, 11) is 0. The van der Waals surface area contributed by atoms with Gasteiger partial charge in [0.25, 0.3) is 5.91 Å². The van der Waals surface area contributed by atoms with E-state index in [1.807, 2.05) is 0 Å². The van der Waals surface area contributed by atoms with Crippen LogP contribution in [0.2, 0.25) is 0 Å². The molecule has 0 bridgehead atoms. The molecule has 2 rings (SSSR count). The van der Waals surface area contributed by atoms with Gasteiger partial charge in [-0.1, -0.05) is 24.3 Å². The van der Waals surface area contributed by atoms with Crippen LogP contribution in [0, 0.1) is 0 Å². The second kappa shape index (κ2) is 7.04. The Hall–Kier alpha value is -2.70. The summed E-state index contributed by atoms with van der Waals surface area (Å²) in [4.78, 5) is 22.9. The van der Waals surface area contributed by atoms with E-state index in [1.165, 1.54) is 19.1 Å². The summed E-state index contributed by atoms with van der Waals surface area (Å²) in [5.41, 5.74) is -0.0683. The maximum Gasteiger partial charge on any atom is 0.387 e. The molecule has 0 radical (unpaired) electrons. The smallest absolute Gasteiger partial charge is 0.387 e. The number of halogens is 2. The number of carboxylic acids is 1. The Bertz CT molecular complexity index is 733. The van der Waals surface area contributed by atoms with Crippen LogP contribution < -0.4 is 10.1 Å². The fraction of sp³-hybridized carbons (Fsp3) is 0.250. The monoisotopic (exact) mass is 323 g/mol. The molecule has 122 valence electrons. The Kier molecular flexibility index (Phi) is 5.10. The summed E-state index contributed by atoms with van der Waals surface area (Å²) >= 11 is 0. The Balaban J connectivity index is 2.36. The van der Waals surface area contributed by atoms with Crippen LogP contribution in [0.4, 0.5) is 8.78 Å². The molecule has 0 saturated carbocycles. The molecule has 1 atom stereocenters. The average Bonchev–Trinajstić information content (AvgIpc) is 2.44. The van der Waals surface area contributed by atoms with Crippen LogP contribution in [0.15, 0.2) is 36.4 Å². The van der Waals surface area contributed by atoms with Crippen LogP contribution >= 0.6 is 0 Å². The zero-order chi connectivity index (χ0) is 17.0. The number of aliphatic carboxylic acids is 1. The summed E-state index contributed by atoms with van der Waals surface area (Å²) in [5.74, 6) is -1.99. The van der Waals surface area contributed by atoms with Gasteiger partial charge in [-0.05, 0) is 29.8 Å². The van der Waals surface area contributed by atoms with Crippen LogP contribution in [-0.4, -0.2) is 29.6 Å². The summed E-state index contributed by atoms with van der Waals surface area (Å²) in [5, 5.41) is 12.5. The molecular formula is C16H15F2NO4. The minimum Gasteiger partial charge on any atom is -0.481 e. The van der Waals surface area contributed by atoms with Gasteiger partial charge in [0.15, 0.2) is 0 Å². The molecular weight excluding hydrogens is 308 g/mol. The Morgan fingerprint density at radius 3 is 2.39 bits per heavy atom. The number of hydrogen-bond donors (Lipinski definition) is 2. The highest BCUT2D eigenvalue weighted by Crippen LogP contribution is 2.27. The number of nitrogens with one attached hydrogen (secondary N) is 1. The van der Waals surface area contributed by atoms with Crippen molar-refractivity contribution in [1.29, 1.82) is 0 Å². The molecule has 2 aromatic carbocycles. The zero-order valence-corrected chi connectivity index (χ0v) is 12.3. The van der Waals surface area contributed by atoms with Gasteiger partial charge < -0.3 is 15.2 Å². The first-order valence-electron chi connectivity index (χ1n) is 6.87. The van der Waals surface area contributed by atoms with Gasteiger partial charge in [0.2, 0.25) is 0 Å². The second-order valence-electron chi connectivity index (χ2n) is 5.05. The maximum atomic E-state index is 12.6. The number of carbonyl (C=O) groups is 2. The van der Waals surface area contributed by atoms with E-state index in [2.05, 4.69) is 10.1 Å². The zero-order valence-electron chi connectivity index (χ0n) is 12.3. The van der Waals surface area contributed by atoms with Gasteiger partial charge in [-0.2, -0.15) is 8.78 Å². The van der Waals surface area contributed by atoms with Crippen molar-refractivity contribution in [2.75, 3.05) is 0 Å². The van der Waals surface area contributed by atoms with E-state index in [9.17, 15) is 18.4 Å². The van der Waals surface area contributed by atoms with Crippen LogP contribution in [0.1, 0.15) is 23.7 Å². The fourth-order valence-corrected chi connectivity index (χ4v) is 2.20. The highest BCUT2D eigenvalue weighted by molar-refractivity contribution is 6.01.